The van der Waals surface area contributed by atoms with Gasteiger partial charge in [0.1, 0.15) is 0 Å². The van der Waals surface area contributed by atoms with Gasteiger partial charge in [-0.25, -0.2) is 0 Å². The summed E-state index contributed by atoms with van der Waals surface area (Å²) < 4.78 is 6.39. The van der Waals surface area contributed by atoms with Crippen LogP contribution in [0.2, 0.25) is 50.3 Å². The quantitative estimate of drug-likeness (QED) is 0.530. The molecule has 0 saturated carbocycles. The molecule has 1 atom stereocenters. The summed E-state index contributed by atoms with van der Waals surface area (Å²) in [6.45, 7) is 14.1. The van der Waals surface area contributed by atoms with Gasteiger partial charge in [0.05, 0.1) is 6.10 Å². The van der Waals surface area contributed by atoms with Crippen molar-refractivity contribution >= 4 is 28.0 Å². The lowest BCUT2D eigenvalue weighted by molar-refractivity contribution is 0.186. The first-order valence-corrected chi connectivity index (χ1v) is 15.0. The third-order valence-electron chi connectivity index (χ3n) is 3.13. The van der Waals surface area contributed by atoms with Crippen molar-refractivity contribution in [3.05, 3.63) is 34.9 Å². The molecule has 114 valence electrons. The molecule has 1 nitrogen and oxygen atoms in total. The van der Waals surface area contributed by atoms with Gasteiger partial charge in [0.25, 0.3) is 0 Å². The summed E-state index contributed by atoms with van der Waals surface area (Å²) in [4.78, 5) is 0. The Balaban J connectivity index is 2.72. The maximum atomic E-state index is 6.39. The Kier molecular flexibility index (Phi) is 6.51. The zero-order chi connectivity index (χ0) is 15.4. The van der Waals surface area contributed by atoms with E-state index < -0.39 is 16.4 Å². The summed E-state index contributed by atoms with van der Waals surface area (Å²) >= 11 is 5.99. The van der Waals surface area contributed by atoms with Gasteiger partial charge in [0, 0.05) is 13.1 Å². The van der Waals surface area contributed by atoms with Crippen molar-refractivity contribution in [2.45, 2.75) is 64.3 Å². The number of halogens is 1. The van der Waals surface area contributed by atoms with Crippen molar-refractivity contribution in [2.24, 2.45) is 0 Å². The Bertz CT molecular complexity index is 404. The first-order valence-electron chi connectivity index (χ1n) is 7.50. The van der Waals surface area contributed by atoms with Crippen LogP contribution in [-0.4, -0.2) is 16.4 Å². The van der Waals surface area contributed by atoms with Crippen LogP contribution < -0.4 is 0 Å². The molecule has 4 heteroatoms. The molecule has 0 fully saturated rings. The normalized spacial score (nSPS) is 14.3. The summed E-state index contributed by atoms with van der Waals surface area (Å²) in [6.07, 6.45) is 2.61. The Morgan fingerprint density at radius 1 is 1.00 bits per heavy atom. The minimum Gasteiger partial charge on any atom is -0.411 e. The molecule has 1 aromatic rings. The van der Waals surface area contributed by atoms with Crippen LogP contribution in [-0.2, 0) is 4.43 Å². The molecule has 0 N–H and O–H groups in total. The molecule has 0 aliphatic carbocycles. The van der Waals surface area contributed by atoms with Crippen LogP contribution >= 0.6 is 11.6 Å². The van der Waals surface area contributed by atoms with Gasteiger partial charge in [-0.3, -0.25) is 0 Å². The van der Waals surface area contributed by atoms with E-state index in [1.165, 1.54) is 18.0 Å². The molecule has 0 heterocycles. The van der Waals surface area contributed by atoms with E-state index in [2.05, 4.69) is 51.4 Å². The first kappa shape index (κ1) is 18.0. The molecule has 1 aromatic carbocycles. The van der Waals surface area contributed by atoms with Crippen molar-refractivity contribution < 1.29 is 4.43 Å². The monoisotopic (exact) mass is 328 g/mol. The third-order valence-corrected chi connectivity index (χ3v) is 6.23. The highest BCUT2D eigenvalue weighted by Crippen LogP contribution is 2.29. The van der Waals surface area contributed by atoms with Crippen LogP contribution in [0, 0.1) is 0 Å². The molecule has 0 aromatic heterocycles. The summed E-state index contributed by atoms with van der Waals surface area (Å²) in [5.74, 6) is 0. The average Bonchev–Trinajstić information content (AvgIpc) is 2.25. The van der Waals surface area contributed by atoms with Crippen LogP contribution in [0.25, 0.3) is 0 Å². The second kappa shape index (κ2) is 7.25. The Hall–Kier alpha value is -0.0962. The lowest BCUT2D eigenvalue weighted by Gasteiger charge is -2.28. The van der Waals surface area contributed by atoms with E-state index in [-0.39, 0.29) is 6.10 Å². The highest BCUT2D eigenvalue weighted by molar-refractivity contribution is 6.76. The predicted octanol–water partition coefficient (Wildman–Crippen LogP) is 6.35. The van der Waals surface area contributed by atoms with Crippen LogP contribution in [0.15, 0.2) is 24.3 Å². The fourth-order valence-electron chi connectivity index (χ4n) is 2.22. The fraction of sp³-hybridized carbons (Fsp3) is 0.625. The summed E-state index contributed by atoms with van der Waals surface area (Å²) in [6, 6.07) is 9.53. The zero-order valence-corrected chi connectivity index (χ0v) is 16.6. The lowest BCUT2D eigenvalue weighted by Crippen LogP contribution is -2.28. The average molecular weight is 329 g/mol. The van der Waals surface area contributed by atoms with Gasteiger partial charge in [-0.15, -0.1) is 0 Å². The van der Waals surface area contributed by atoms with E-state index in [1.807, 2.05) is 12.1 Å². The predicted molar refractivity (Wildman–Crippen MR) is 96.0 cm³/mol. The van der Waals surface area contributed by atoms with E-state index in [1.54, 1.807) is 0 Å². The van der Waals surface area contributed by atoms with Gasteiger partial charge < -0.3 is 4.43 Å². The summed E-state index contributed by atoms with van der Waals surface area (Å²) in [7, 11) is -2.49. The highest BCUT2D eigenvalue weighted by Gasteiger charge is 2.23. The minimum atomic E-state index is -1.53. The number of rotatable bonds is 7. The number of hydrogen-bond acceptors (Lipinski definition) is 1. The summed E-state index contributed by atoms with van der Waals surface area (Å²) in [5.41, 5.74) is 1.27. The van der Waals surface area contributed by atoms with Gasteiger partial charge in [-0.05, 0) is 43.8 Å². The molecule has 0 amide bonds. The second-order valence-corrected chi connectivity index (χ2v) is 18.2. The summed E-state index contributed by atoms with van der Waals surface area (Å²) in [5, 5.41) is 0.794. The molecule has 0 bridgehead atoms. The van der Waals surface area contributed by atoms with Crippen molar-refractivity contribution in [1.29, 1.82) is 0 Å². The van der Waals surface area contributed by atoms with Gasteiger partial charge >= 0.3 is 0 Å². The van der Waals surface area contributed by atoms with Gasteiger partial charge in [0.15, 0.2) is 8.32 Å². The topological polar surface area (TPSA) is 9.23 Å². The SMILES string of the molecule is C[Si](C)(C)CCCC(O[Si](C)(C)C)c1ccc(Cl)cc1. The largest absolute Gasteiger partial charge is 0.411 e. The smallest absolute Gasteiger partial charge is 0.184 e. The van der Waals surface area contributed by atoms with E-state index in [4.69, 9.17) is 16.0 Å². The van der Waals surface area contributed by atoms with Crippen LogP contribution in [0.4, 0.5) is 0 Å². The van der Waals surface area contributed by atoms with E-state index in [9.17, 15) is 0 Å². The third kappa shape index (κ3) is 7.62. The molecule has 1 rings (SSSR count). The Morgan fingerprint density at radius 3 is 2.00 bits per heavy atom. The number of hydrogen-bond donors (Lipinski definition) is 0. The van der Waals surface area contributed by atoms with Gasteiger partial charge in [0.2, 0.25) is 0 Å². The van der Waals surface area contributed by atoms with Crippen molar-refractivity contribution in [1.82, 2.24) is 0 Å². The minimum absolute atomic E-state index is 0.232. The molecule has 0 aliphatic rings. The van der Waals surface area contributed by atoms with E-state index in [0.29, 0.717) is 0 Å². The first-order chi connectivity index (χ1) is 9.07. The maximum absolute atomic E-state index is 6.39. The van der Waals surface area contributed by atoms with Crippen LogP contribution in [0.1, 0.15) is 24.5 Å². The molecule has 0 spiro atoms. The standard InChI is InChI=1S/C16H29ClOSi2/c1-19(2,3)13-7-8-16(18-20(4,5)6)14-9-11-15(17)12-10-14/h9-12,16H,7-8,13H2,1-6H3. The lowest BCUT2D eigenvalue weighted by atomic mass is 10.1. The molecule has 0 aliphatic heterocycles. The van der Waals surface area contributed by atoms with Crippen LogP contribution in [0.5, 0.6) is 0 Å². The maximum Gasteiger partial charge on any atom is 0.184 e. The molecule has 1 unspecified atom stereocenters. The molecular formula is C16H29ClOSi2. The van der Waals surface area contributed by atoms with Crippen LogP contribution in [0.3, 0.4) is 0 Å². The van der Waals surface area contributed by atoms with Crippen molar-refractivity contribution in [3.63, 3.8) is 0 Å². The van der Waals surface area contributed by atoms with Crippen molar-refractivity contribution in [2.75, 3.05) is 0 Å². The van der Waals surface area contributed by atoms with E-state index in [0.717, 1.165) is 11.4 Å². The molecular weight excluding hydrogens is 300 g/mol. The van der Waals surface area contributed by atoms with Gasteiger partial charge in [-0.2, -0.15) is 0 Å². The zero-order valence-electron chi connectivity index (χ0n) is 13.8. The fourth-order valence-corrected chi connectivity index (χ4v) is 4.71. The van der Waals surface area contributed by atoms with Crippen molar-refractivity contribution in [3.8, 4) is 0 Å². The highest BCUT2D eigenvalue weighted by atomic mass is 35.5. The number of benzene rings is 1. The van der Waals surface area contributed by atoms with Gasteiger partial charge in [-0.1, -0.05) is 55.8 Å². The Labute approximate surface area is 131 Å². The second-order valence-electron chi connectivity index (χ2n) is 7.72. The molecule has 0 saturated heterocycles. The Morgan fingerprint density at radius 2 is 1.55 bits per heavy atom. The molecule has 20 heavy (non-hydrogen) atoms. The molecule has 0 radical (unpaired) electrons. The van der Waals surface area contributed by atoms with E-state index >= 15 is 0 Å².